The number of nitrogens with zero attached hydrogens (tertiary/aromatic N) is 2. The normalized spacial score (nSPS) is 10.9. The average Bonchev–Trinajstić information content (AvgIpc) is 2.87. The Morgan fingerprint density at radius 1 is 1.11 bits per heavy atom. The van der Waals surface area contributed by atoms with Crippen LogP contribution in [0.3, 0.4) is 0 Å². The van der Waals surface area contributed by atoms with Crippen LogP contribution in [0.25, 0.3) is 11.1 Å². The van der Waals surface area contributed by atoms with Crippen LogP contribution >= 0.6 is 23.2 Å². The van der Waals surface area contributed by atoms with Gasteiger partial charge in [0.1, 0.15) is 5.75 Å². The number of benzene rings is 2. The summed E-state index contributed by atoms with van der Waals surface area (Å²) in [4.78, 5) is 12.0. The minimum atomic E-state index is -0.0641. The van der Waals surface area contributed by atoms with E-state index in [0.717, 1.165) is 27.9 Å². The van der Waals surface area contributed by atoms with E-state index in [4.69, 9.17) is 27.9 Å². The first-order valence-electron chi connectivity index (χ1n) is 8.48. The van der Waals surface area contributed by atoms with Crippen molar-refractivity contribution in [2.24, 2.45) is 7.05 Å². The molecule has 0 fully saturated rings. The molecule has 0 bridgehead atoms. The zero-order valence-electron chi connectivity index (χ0n) is 15.9. The molecule has 6 heteroatoms. The Hall–Kier alpha value is -2.30. The van der Waals surface area contributed by atoms with E-state index in [9.17, 15) is 4.79 Å². The summed E-state index contributed by atoms with van der Waals surface area (Å²) in [6.07, 6.45) is 0. The highest BCUT2D eigenvalue weighted by Crippen LogP contribution is 2.42. The third-order valence-corrected chi connectivity index (χ3v) is 5.38. The lowest BCUT2D eigenvalue weighted by Crippen LogP contribution is -2.01. The van der Waals surface area contributed by atoms with Crippen molar-refractivity contribution in [1.82, 2.24) is 9.78 Å². The van der Waals surface area contributed by atoms with Crippen LogP contribution in [0.4, 0.5) is 0 Å². The lowest BCUT2D eigenvalue weighted by molar-refractivity contribution is 0.101. The van der Waals surface area contributed by atoms with E-state index >= 15 is 0 Å². The topological polar surface area (TPSA) is 44.1 Å². The zero-order valence-corrected chi connectivity index (χ0v) is 17.4. The smallest absolute Gasteiger partial charge is 0.225 e. The van der Waals surface area contributed by atoms with Crippen molar-refractivity contribution in [1.29, 1.82) is 0 Å². The Bertz CT molecular complexity index is 1050. The summed E-state index contributed by atoms with van der Waals surface area (Å²) in [5.41, 5.74) is 4.65. The van der Waals surface area contributed by atoms with Gasteiger partial charge < -0.3 is 4.74 Å². The van der Waals surface area contributed by atoms with Gasteiger partial charge in [-0.2, -0.15) is 5.10 Å². The Labute approximate surface area is 168 Å². The summed E-state index contributed by atoms with van der Waals surface area (Å²) in [5.74, 6) is 0.948. The number of ketones is 1. The van der Waals surface area contributed by atoms with Crippen molar-refractivity contribution in [3.05, 3.63) is 62.8 Å². The van der Waals surface area contributed by atoms with Crippen LogP contribution in [-0.2, 0) is 7.05 Å². The molecule has 0 atom stereocenters. The third kappa shape index (κ3) is 3.60. The number of hydrogen-bond donors (Lipinski definition) is 0. The molecule has 0 aliphatic heterocycles. The minimum Gasteiger partial charge on any atom is -0.438 e. The second-order valence-electron chi connectivity index (χ2n) is 6.58. The number of aryl methyl sites for hydroxylation is 3. The minimum absolute atomic E-state index is 0.0641. The number of carbonyl (C=O) groups excluding carboxylic acids is 1. The number of hydrogen-bond acceptors (Lipinski definition) is 3. The molecule has 3 rings (SSSR count). The molecule has 0 radical (unpaired) electrons. The predicted molar refractivity (Wildman–Crippen MR) is 109 cm³/mol. The van der Waals surface area contributed by atoms with Gasteiger partial charge in [-0.25, -0.2) is 4.68 Å². The van der Waals surface area contributed by atoms with E-state index in [1.165, 1.54) is 6.92 Å². The lowest BCUT2D eigenvalue weighted by Gasteiger charge is -2.14. The van der Waals surface area contributed by atoms with E-state index in [-0.39, 0.29) is 5.78 Å². The molecule has 0 unspecified atom stereocenters. The van der Waals surface area contributed by atoms with Crippen LogP contribution < -0.4 is 4.74 Å². The van der Waals surface area contributed by atoms with Crippen LogP contribution in [0, 0.1) is 20.8 Å². The average molecular weight is 403 g/mol. The number of rotatable bonds is 4. The van der Waals surface area contributed by atoms with Crippen LogP contribution in [0.2, 0.25) is 10.0 Å². The van der Waals surface area contributed by atoms with Crippen LogP contribution in [0.15, 0.2) is 30.3 Å². The van der Waals surface area contributed by atoms with Crippen LogP contribution in [-0.4, -0.2) is 15.6 Å². The molecule has 2 aromatic carbocycles. The van der Waals surface area contributed by atoms with Crippen molar-refractivity contribution in [2.45, 2.75) is 27.7 Å². The summed E-state index contributed by atoms with van der Waals surface area (Å²) >= 11 is 12.8. The molecular weight excluding hydrogens is 383 g/mol. The fraction of sp³-hybridized carbons (Fsp3) is 0.238. The van der Waals surface area contributed by atoms with Crippen molar-refractivity contribution >= 4 is 29.0 Å². The highest BCUT2D eigenvalue weighted by Gasteiger charge is 2.22. The van der Waals surface area contributed by atoms with E-state index in [1.807, 2.05) is 45.0 Å². The maximum Gasteiger partial charge on any atom is 0.225 e. The summed E-state index contributed by atoms with van der Waals surface area (Å²) in [7, 11) is 1.80. The standard InChI is InChI=1S/C21H20Cl2N2O2/c1-11-6-7-15(14(4)26)18(10-11)27-21-19(13(3)24-25(21)5)16-8-9-17(22)12(2)20(16)23/h6-10H,1-5H3. The van der Waals surface area contributed by atoms with Crippen LogP contribution in [0.5, 0.6) is 11.6 Å². The Morgan fingerprint density at radius 3 is 2.48 bits per heavy atom. The molecular formula is C21H20Cl2N2O2. The van der Waals surface area contributed by atoms with Crippen LogP contribution in [0.1, 0.15) is 34.1 Å². The Kier molecular flexibility index (Phi) is 5.31. The van der Waals surface area contributed by atoms with Gasteiger partial charge in [-0.1, -0.05) is 35.3 Å². The van der Waals surface area contributed by atoms with Gasteiger partial charge in [0, 0.05) is 17.6 Å². The van der Waals surface area contributed by atoms with Crippen molar-refractivity contribution in [3.8, 4) is 22.8 Å². The molecule has 4 nitrogen and oxygen atoms in total. The van der Waals surface area contributed by atoms with E-state index in [0.29, 0.717) is 27.2 Å². The molecule has 140 valence electrons. The molecule has 0 spiro atoms. The van der Waals surface area contributed by atoms with E-state index in [2.05, 4.69) is 5.10 Å². The van der Waals surface area contributed by atoms with Gasteiger partial charge in [-0.15, -0.1) is 0 Å². The van der Waals surface area contributed by atoms with Gasteiger partial charge in [0.05, 0.1) is 21.8 Å². The molecule has 0 N–H and O–H groups in total. The predicted octanol–water partition coefficient (Wildman–Crippen LogP) is 6.31. The van der Waals surface area contributed by atoms with Gasteiger partial charge in [-0.3, -0.25) is 4.79 Å². The number of carbonyl (C=O) groups is 1. The second-order valence-corrected chi connectivity index (χ2v) is 7.37. The number of halogens is 2. The largest absolute Gasteiger partial charge is 0.438 e. The number of ether oxygens (including phenoxy) is 1. The summed E-state index contributed by atoms with van der Waals surface area (Å²) in [6, 6.07) is 9.17. The summed E-state index contributed by atoms with van der Waals surface area (Å²) in [6.45, 7) is 7.23. The number of Topliss-reactive ketones (excluding diaryl/α,β-unsaturated/α-hetero) is 1. The van der Waals surface area contributed by atoms with Gasteiger partial charge in [0.15, 0.2) is 5.78 Å². The molecule has 0 amide bonds. The monoisotopic (exact) mass is 402 g/mol. The highest BCUT2D eigenvalue weighted by molar-refractivity contribution is 6.37. The third-order valence-electron chi connectivity index (χ3n) is 4.48. The Balaban J connectivity index is 2.19. The second kappa shape index (κ2) is 7.37. The zero-order chi connectivity index (χ0) is 19.9. The number of aromatic nitrogens is 2. The first kappa shape index (κ1) is 19.5. The summed E-state index contributed by atoms with van der Waals surface area (Å²) in [5, 5.41) is 5.65. The van der Waals surface area contributed by atoms with Gasteiger partial charge in [0.2, 0.25) is 5.88 Å². The summed E-state index contributed by atoms with van der Waals surface area (Å²) < 4.78 is 7.85. The van der Waals surface area contributed by atoms with E-state index in [1.54, 1.807) is 17.8 Å². The van der Waals surface area contributed by atoms with Gasteiger partial charge >= 0.3 is 0 Å². The van der Waals surface area contributed by atoms with Gasteiger partial charge in [0.25, 0.3) is 0 Å². The van der Waals surface area contributed by atoms with E-state index < -0.39 is 0 Å². The molecule has 0 saturated heterocycles. The SMILES string of the molecule is CC(=O)c1ccc(C)cc1Oc1c(-c2ccc(Cl)c(C)c2Cl)c(C)nn1C. The molecule has 0 aliphatic carbocycles. The molecule has 27 heavy (non-hydrogen) atoms. The Morgan fingerprint density at radius 2 is 1.81 bits per heavy atom. The first-order chi connectivity index (χ1) is 12.7. The lowest BCUT2D eigenvalue weighted by atomic mass is 10.0. The van der Waals surface area contributed by atoms with Gasteiger partial charge in [-0.05, 0) is 57.0 Å². The fourth-order valence-electron chi connectivity index (χ4n) is 3.03. The quantitative estimate of drug-likeness (QED) is 0.479. The molecule has 0 aliphatic rings. The fourth-order valence-corrected chi connectivity index (χ4v) is 3.49. The first-order valence-corrected chi connectivity index (χ1v) is 9.24. The molecule has 0 saturated carbocycles. The molecule has 1 heterocycles. The molecule has 3 aromatic rings. The van der Waals surface area contributed by atoms with Crippen molar-refractivity contribution < 1.29 is 9.53 Å². The molecule has 1 aromatic heterocycles. The maximum atomic E-state index is 12.0. The van der Waals surface area contributed by atoms with Crippen molar-refractivity contribution in [3.63, 3.8) is 0 Å². The highest BCUT2D eigenvalue weighted by atomic mass is 35.5. The maximum absolute atomic E-state index is 12.0. The van der Waals surface area contributed by atoms with Crippen molar-refractivity contribution in [2.75, 3.05) is 0 Å².